The number of ether oxygens (including phenoxy) is 1. The number of carbonyl (C=O) groups is 1. The van der Waals surface area contributed by atoms with Crippen molar-refractivity contribution >= 4 is 29.0 Å². The van der Waals surface area contributed by atoms with Gasteiger partial charge >= 0.3 is 0 Å². The van der Waals surface area contributed by atoms with Crippen LogP contribution in [-0.4, -0.2) is 23.2 Å². The van der Waals surface area contributed by atoms with Crippen LogP contribution in [0.3, 0.4) is 0 Å². The lowest BCUT2D eigenvalue weighted by molar-refractivity contribution is -0.384. The Hall–Kier alpha value is -2.54. The number of nitro groups is 1. The van der Waals surface area contributed by atoms with Gasteiger partial charge in [0.2, 0.25) is 5.91 Å². The summed E-state index contributed by atoms with van der Waals surface area (Å²) in [6, 6.07) is 8.51. The lowest BCUT2D eigenvalue weighted by atomic mass is 10.1. The van der Waals surface area contributed by atoms with Gasteiger partial charge in [-0.25, -0.2) is 0 Å². The number of aryl methyl sites for hydroxylation is 3. The van der Waals surface area contributed by atoms with Gasteiger partial charge in [-0.2, -0.15) is 0 Å². The molecule has 26 heavy (non-hydrogen) atoms. The van der Waals surface area contributed by atoms with Crippen LogP contribution in [0.2, 0.25) is 0 Å². The van der Waals surface area contributed by atoms with Crippen molar-refractivity contribution in [3.05, 3.63) is 57.1 Å². The van der Waals surface area contributed by atoms with Crippen molar-refractivity contribution in [2.45, 2.75) is 37.8 Å². The molecule has 0 aliphatic heterocycles. The van der Waals surface area contributed by atoms with Gasteiger partial charge in [0, 0.05) is 4.90 Å². The Bertz CT molecular complexity index is 828. The highest BCUT2D eigenvalue weighted by molar-refractivity contribution is 8.00. The topological polar surface area (TPSA) is 81.5 Å². The molecule has 0 bridgehead atoms. The first-order chi connectivity index (χ1) is 12.2. The molecule has 1 amide bonds. The van der Waals surface area contributed by atoms with Gasteiger partial charge in [0.1, 0.15) is 11.4 Å². The summed E-state index contributed by atoms with van der Waals surface area (Å²) in [6.07, 6.45) is 0. The Balaban J connectivity index is 2.19. The number of nitrogens with one attached hydrogen (secondary N) is 1. The standard InChI is InChI=1S/C19H22N2O4S/c1-11-8-12(2)18(13(3)9-11)26-14(4)19(22)20-16-7-6-15(25-5)10-17(16)21(23)24/h6-10,14H,1-5H3,(H,20,22)/t14-/m1/s1. The molecule has 1 atom stereocenters. The molecular weight excluding hydrogens is 352 g/mol. The van der Waals surface area contributed by atoms with Gasteiger partial charge in [-0.05, 0) is 51.0 Å². The Morgan fingerprint density at radius 3 is 2.35 bits per heavy atom. The summed E-state index contributed by atoms with van der Waals surface area (Å²) in [5.41, 5.74) is 3.36. The van der Waals surface area contributed by atoms with Gasteiger partial charge in [-0.1, -0.05) is 17.7 Å². The van der Waals surface area contributed by atoms with E-state index in [4.69, 9.17) is 4.74 Å². The summed E-state index contributed by atoms with van der Waals surface area (Å²) in [7, 11) is 1.43. The van der Waals surface area contributed by atoms with E-state index in [1.54, 1.807) is 13.0 Å². The van der Waals surface area contributed by atoms with Gasteiger partial charge < -0.3 is 10.1 Å². The molecule has 0 aromatic heterocycles. The summed E-state index contributed by atoms with van der Waals surface area (Å²) in [5, 5.41) is 13.5. The number of anilines is 1. The molecule has 0 fully saturated rings. The number of hydrogen-bond acceptors (Lipinski definition) is 5. The van der Waals surface area contributed by atoms with E-state index in [0.717, 1.165) is 16.0 Å². The van der Waals surface area contributed by atoms with Gasteiger partial charge in [0.05, 0.1) is 23.3 Å². The number of carbonyl (C=O) groups excluding carboxylic acids is 1. The molecule has 0 saturated carbocycles. The average molecular weight is 374 g/mol. The van der Waals surface area contributed by atoms with Crippen LogP contribution in [0.25, 0.3) is 0 Å². The predicted molar refractivity (Wildman–Crippen MR) is 104 cm³/mol. The third kappa shape index (κ3) is 4.54. The summed E-state index contributed by atoms with van der Waals surface area (Å²) in [6.45, 7) is 7.85. The van der Waals surface area contributed by atoms with Crippen LogP contribution >= 0.6 is 11.8 Å². The zero-order valence-corrected chi connectivity index (χ0v) is 16.3. The number of amides is 1. The number of methoxy groups -OCH3 is 1. The summed E-state index contributed by atoms with van der Waals surface area (Å²) in [5.74, 6) is 0.0747. The molecule has 0 unspecified atom stereocenters. The summed E-state index contributed by atoms with van der Waals surface area (Å²) in [4.78, 5) is 24.3. The van der Waals surface area contributed by atoms with Crippen molar-refractivity contribution in [1.29, 1.82) is 0 Å². The van der Waals surface area contributed by atoms with Crippen molar-refractivity contribution in [3.63, 3.8) is 0 Å². The van der Waals surface area contributed by atoms with Crippen molar-refractivity contribution in [2.75, 3.05) is 12.4 Å². The van der Waals surface area contributed by atoms with Crippen LogP contribution in [0.1, 0.15) is 23.6 Å². The van der Waals surface area contributed by atoms with Gasteiger partial charge in [-0.15, -0.1) is 11.8 Å². The van der Waals surface area contributed by atoms with Crippen molar-refractivity contribution in [3.8, 4) is 5.75 Å². The van der Waals surface area contributed by atoms with E-state index in [1.165, 1.54) is 36.6 Å². The fourth-order valence-corrected chi connectivity index (χ4v) is 3.72. The van der Waals surface area contributed by atoms with Crippen molar-refractivity contribution in [1.82, 2.24) is 0 Å². The minimum Gasteiger partial charge on any atom is -0.496 e. The van der Waals surface area contributed by atoms with Crippen LogP contribution in [-0.2, 0) is 4.79 Å². The molecule has 1 N–H and O–H groups in total. The molecule has 6 nitrogen and oxygen atoms in total. The highest BCUT2D eigenvalue weighted by atomic mass is 32.2. The Morgan fingerprint density at radius 2 is 1.81 bits per heavy atom. The van der Waals surface area contributed by atoms with Crippen LogP contribution in [0.5, 0.6) is 5.75 Å². The second kappa shape index (κ2) is 8.23. The van der Waals surface area contributed by atoms with E-state index in [9.17, 15) is 14.9 Å². The molecular formula is C19H22N2O4S. The molecule has 0 saturated heterocycles. The number of nitrogens with zero attached hydrogens (tertiary/aromatic N) is 1. The average Bonchev–Trinajstić information content (AvgIpc) is 2.57. The largest absolute Gasteiger partial charge is 0.496 e. The Labute approximate surface area is 157 Å². The fraction of sp³-hybridized carbons (Fsp3) is 0.316. The third-order valence-electron chi connectivity index (χ3n) is 3.93. The molecule has 2 aromatic carbocycles. The maximum Gasteiger partial charge on any atom is 0.296 e. The molecule has 2 aromatic rings. The minimum absolute atomic E-state index is 0.158. The van der Waals surface area contributed by atoms with E-state index in [0.29, 0.717) is 5.75 Å². The number of benzene rings is 2. The zero-order valence-electron chi connectivity index (χ0n) is 15.5. The van der Waals surface area contributed by atoms with Crippen molar-refractivity contribution in [2.24, 2.45) is 0 Å². The highest BCUT2D eigenvalue weighted by Gasteiger charge is 2.22. The predicted octanol–water partition coefficient (Wildman–Crippen LogP) is 4.65. The van der Waals surface area contributed by atoms with Gasteiger partial charge in [0.25, 0.3) is 5.69 Å². The third-order valence-corrected chi connectivity index (χ3v) is 5.38. The Morgan fingerprint density at radius 1 is 1.19 bits per heavy atom. The van der Waals surface area contributed by atoms with E-state index in [2.05, 4.69) is 17.4 Å². The number of rotatable bonds is 6. The maximum absolute atomic E-state index is 12.5. The highest BCUT2D eigenvalue weighted by Crippen LogP contribution is 2.33. The lowest BCUT2D eigenvalue weighted by Gasteiger charge is -2.16. The quantitative estimate of drug-likeness (QED) is 0.452. The molecule has 0 aliphatic rings. The van der Waals surface area contributed by atoms with Crippen molar-refractivity contribution < 1.29 is 14.5 Å². The first-order valence-corrected chi connectivity index (χ1v) is 8.98. The smallest absolute Gasteiger partial charge is 0.296 e. The molecule has 0 radical (unpaired) electrons. The van der Waals surface area contributed by atoms with Crippen LogP contribution in [0.4, 0.5) is 11.4 Å². The second-order valence-electron chi connectivity index (χ2n) is 6.12. The normalized spacial score (nSPS) is 11.7. The summed E-state index contributed by atoms with van der Waals surface area (Å²) < 4.78 is 5.01. The van der Waals surface area contributed by atoms with Crippen LogP contribution in [0.15, 0.2) is 35.2 Å². The maximum atomic E-state index is 12.5. The molecule has 2 rings (SSSR count). The number of hydrogen-bond donors (Lipinski definition) is 1. The second-order valence-corrected chi connectivity index (χ2v) is 7.47. The van der Waals surface area contributed by atoms with Crippen LogP contribution < -0.4 is 10.1 Å². The molecule has 0 spiro atoms. The molecule has 0 heterocycles. The number of nitro benzene ring substituents is 1. The first kappa shape index (κ1) is 19.8. The monoisotopic (exact) mass is 374 g/mol. The first-order valence-electron chi connectivity index (χ1n) is 8.10. The molecule has 7 heteroatoms. The minimum atomic E-state index is -0.537. The Kier molecular flexibility index (Phi) is 6.26. The molecule has 0 aliphatic carbocycles. The summed E-state index contributed by atoms with van der Waals surface area (Å²) >= 11 is 1.45. The number of thioether (sulfide) groups is 1. The lowest BCUT2D eigenvalue weighted by Crippen LogP contribution is -2.23. The zero-order chi connectivity index (χ0) is 19.4. The van der Waals surface area contributed by atoms with Gasteiger partial charge in [0.15, 0.2) is 0 Å². The van der Waals surface area contributed by atoms with E-state index < -0.39 is 10.2 Å². The van der Waals surface area contributed by atoms with Gasteiger partial charge in [-0.3, -0.25) is 14.9 Å². The van der Waals surface area contributed by atoms with E-state index in [-0.39, 0.29) is 17.3 Å². The fourth-order valence-electron chi connectivity index (χ4n) is 2.71. The molecule has 138 valence electrons. The van der Waals surface area contributed by atoms with Crippen LogP contribution in [0, 0.1) is 30.9 Å². The van der Waals surface area contributed by atoms with E-state index >= 15 is 0 Å². The SMILES string of the molecule is COc1ccc(NC(=O)[C@@H](C)Sc2c(C)cc(C)cc2C)c([N+](=O)[O-])c1. The van der Waals surface area contributed by atoms with E-state index in [1.807, 2.05) is 20.8 Å².